The molecule has 0 unspecified atom stereocenters. The molecule has 0 spiro atoms. The van der Waals surface area contributed by atoms with Gasteiger partial charge in [-0.1, -0.05) is 12.1 Å². The van der Waals surface area contributed by atoms with Gasteiger partial charge in [0.2, 0.25) is 0 Å². The maximum atomic E-state index is 12.8. The molecule has 23 heavy (non-hydrogen) atoms. The van der Waals surface area contributed by atoms with Gasteiger partial charge in [-0.2, -0.15) is 0 Å². The summed E-state index contributed by atoms with van der Waals surface area (Å²) < 4.78 is 19.6. The summed E-state index contributed by atoms with van der Waals surface area (Å²) >= 11 is 1.74. The molecule has 0 N–H and O–H groups in total. The molecule has 0 saturated carbocycles. The van der Waals surface area contributed by atoms with Gasteiger partial charge in [0, 0.05) is 6.54 Å². The van der Waals surface area contributed by atoms with Crippen molar-refractivity contribution in [1.29, 1.82) is 0 Å². The minimum atomic E-state index is -0.243. The highest BCUT2D eigenvalue weighted by Crippen LogP contribution is 2.22. The summed E-state index contributed by atoms with van der Waals surface area (Å²) in [6.07, 6.45) is 0.915. The lowest BCUT2D eigenvalue weighted by Gasteiger charge is -2.15. The molecule has 0 bridgehead atoms. The summed E-state index contributed by atoms with van der Waals surface area (Å²) in [7, 11) is 2.09. The number of hydrogen-bond acceptors (Lipinski definition) is 4. The number of hydrogen-bond donors (Lipinski definition) is 0. The number of ether oxygens (including phenoxy) is 1. The van der Waals surface area contributed by atoms with Gasteiger partial charge in [0.25, 0.3) is 0 Å². The molecule has 0 fully saturated rings. The normalized spacial score (nSPS) is 11.3. The smallest absolute Gasteiger partial charge is 0.123 e. The predicted octanol–water partition coefficient (Wildman–Crippen LogP) is 4.34. The fourth-order valence-corrected chi connectivity index (χ4v) is 3.40. The largest absolute Gasteiger partial charge is 0.494 e. The Bertz CT molecular complexity index is 724. The summed E-state index contributed by atoms with van der Waals surface area (Å²) in [5.41, 5.74) is 1.07. The van der Waals surface area contributed by atoms with E-state index in [1.165, 1.54) is 16.8 Å². The number of fused-ring (bicyclic) bond motifs is 1. The van der Waals surface area contributed by atoms with Gasteiger partial charge < -0.3 is 4.74 Å². The average molecular weight is 330 g/mol. The highest BCUT2D eigenvalue weighted by atomic mass is 32.1. The van der Waals surface area contributed by atoms with Crippen LogP contribution in [0.15, 0.2) is 48.5 Å². The highest BCUT2D eigenvalue weighted by Gasteiger charge is 2.06. The van der Waals surface area contributed by atoms with Gasteiger partial charge in [0.1, 0.15) is 16.6 Å². The van der Waals surface area contributed by atoms with Crippen molar-refractivity contribution >= 4 is 21.6 Å². The molecular weight excluding hydrogens is 311 g/mol. The van der Waals surface area contributed by atoms with Crippen molar-refractivity contribution in [2.24, 2.45) is 0 Å². The van der Waals surface area contributed by atoms with Crippen LogP contribution < -0.4 is 4.74 Å². The lowest BCUT2D eigenvalue weighted by atomic mass is 10.3. The van der Waals surface area contributed by atoms with Gasteiger partial charge in [0.15, 0.2) is 0 Å². The van der Waals surface area contributed by atoms with Gasteiger partial charge in [-0.3, -0.25) is 4.90 Å². The third-order valence-electron chi connectivity index (χ3n) is 3.51. The molecule has 0 amide bonds. The van der Waals surface area contributed by atoms with Crippen LogP contribution in [0.4, 0.5) is 4.39 Å². The van der Waals surface area contributed by atoms with E-state index in [0.717, 1.165) is 30.0 Å². The summed E-state index contributed by atoms with van der Waals surface area (Å²) in [5.74, 6) is 0.466. The Morgan fingerprint density at radius 1 is 1.13 bits per heavy atom. The molecule has 0 radical (unpaired) electrons. The van der Waals surface area contributed by atoms with Crippen molar-refractivity contribution in [2.45, 2.75) is 13.0 Å². The molecular formula is C18H19FN2OS. The number of aromatic nitrogens is 1. The Morgan fingerprint density at radius 2 is 1.91 bits per heavy atom. The Labute approximate surface area is 139 Å². The van der Waals surface area contributed by atoms with Crippen LogP contribution in [0.25, 0.3) is 10.2 Å². The van der Waals surface area contributed by atoms with E-state index >= 15 is 0 Å². The van der Waals surface area contributed by atoms with E-state index in [2.05, 4.69) is 23.0 Å². The van der Waals surface area contributed by atoms with Crippen LogP contribution >= 0.6 is 11.3 Å². The van der Waals surface area contributed by atoms with E-state index in [-0.39, 0.29) is 5.82 Å². The van der Waals surface area contributed by atoms with Gasteiger partial charge in [-0.05, 0) is 49.9 Å². The first kappa shape index (κ1) is 15.9. The van der Waals surface area contributed by atoms with Crippen LogP contribution in [0, 0.1) is 5.82 Å². The molecule has 1 aromatic heterocycles. The van der Waals surface area contributed by atoms with Crippen molar-refractivity contribution < 1.29 is 9.13 Å². The Kier molecular flexibility index (Phi) is 5.20. The van der Waals surface area contributed by atoms with Crippen molar-refractivity contribution in [3.05, 3.63) is 59.4 Å². The summed E-state index contributed by atoms with van der Waals surface area (Å²) in [4.78, 5) is 6.89. The fraction of sp³-hybridized carbons (Fsp3) is 0.278. The quantitative estimate of drug-likeness (QED) is 0.603. The minimum Gasteiger partial charge on any atom is -0.494 e. The van der Waals surface area contributed by atoms with Gasteiger partial charge >= 0.3 is 0 Å². The molecule has 5 heteroatoms. The first-order chi connectivity index (χ1) is 11.2. The molecule has 0 aliphatic heterocycles. The van der Waals surface area contributed by atoms with Crippen molar-refractivity contribution in [3.63, 3.8) is 0 Å². The Hall–Kier alpha value is -1.98. The third kappa shape index (κ3) is 4.50. The molecule has 3 rings (SSSR count). The number of halogens is 1. The Balaban J connectivity index is 1.42. The first-order valence-corrected chi connectivity index (χ1v) is 8.44. The zero-order valence-corrected chi connectivity index (χ0v) is 13.9. The summed E-state index contributed by atoms with van der Waals surface area (Å²) in [6, 6.07) is 14.3. The van der Waals surface area contributed by atoms with E-state index in [9.17, 15) is 4.39 Å². The first-order valence-electron chi connectivity index (χ1n) is 7.62. The zero-order chi connectivity index (χ0) is 16.1. The van der Waals surface area contributed by atoms with Crippen LogP contribution in [-0.4, -0.2) is 30.1 Å². The average Bonchev–Trinajstić information content (AvgIpc) is 2.95. The SMILES string of the molecule is CN(CCCOc1ccc(F)cc1)Cc1nc2ccccc2s1. The Morgan fingerprint density at radius 3 is 2.70 bits per heavy atom. The van der Waals surface area contributed by atoms with E-state index < -0.39 is 0 Å². The van der Waals surface area contributed by atoms with Crippen LogP contribution in [-0.2, 0) is 6.54 Å². The molecule has 1 heterocycles. The standard InChI is InChI=1S/C18H19FN2OS/c1-21(11-4-12-22-15-9-7-14(19)8-10-15)13-18-20-16-5-2-3-6-17(16)23-18/h2-3,5-10H,4,11-13H2,1H3. The van der Waals surface area contributed by atoms with E-state index in [1.807, 2.05) is 18.2 Å². The number of nitrogens with zero attached hydrogens (tertiary/aromatic N) is 2. The van der Waals surface area contributed by atoms with Gasteiger partial charge in [-0.25, -0.2) is 9.37 Å². The molecule has 3 aromatic rings. The molecule has 0 saturated heterocycles. The van der Waals surface area contributed by atoms with Gasteiger partial charge in [-0.15, -0.1) is 11.3 Å². The molecule has 0 aliphatic rings. The highest BCUT2D eigenvalue weighted by molar-refractivity contribution is 7.18. The maximum Gasteiger partial charge on any atom is 0.123 e. The summed E-state index contributed by atoms with van der Waals surface area (Å²) in [6.45, 7) is 2.39. The lowest BCUT2D eigenvalue weighted by molar-refractivity contribution is 0.258. The van der Waals surface area contributed by atoms with Crippen LogP contribution in [0.3, 0.4) is 0 Å². The molecule has 120 valence electrons. The van der Waals surface area contributed by atoms with Gasteiger partial charge in [0.05, 0.1) is 23.4 Å². The van der Waals surface area contributed by atoms with E-state index in [1.54, 1.807) is 23.5 Å². The lowest BCUT2D eigenvalue weighted by Crippen LogP contribution is -2.20. The van der Waals surface area contributed by atoms with E-state index in [4.69, 9.17) is 4.74 Å². The minimum absolute atomic E-state index is 0.243. The number of rotatable bonds is 7. The van der Waals surface area contributed by atoms with Crippen LogP contribution in [0.2, 0.25) is 0 Å². The zero-order valence-electron chi connectivity index (χ0n) is 13.0. The number of thiazole rings is 1. The number of para-hydroxylation sites is 1. The third-order valence-corrected chi connectivity index (χ3v) is 4.53. The molecule has 2 aromatic carbocycles. The topological polar surface area (TPSA) is 25.4 Å². The van der Waals surface area contributed by atoms with E-state index in [0.29, 0.717) is 12.4 Å². The van der Waals surface area contributed by atoms with Crippen molar-refractivity contribution in [3.8, 4) is 5.75 Å². The second-order valence-corrected chi connectivity index (χ2v) is 6.58. The second-order valence-electron chi connectivity index (χ2n) is 5.47. The molecule has 0 atom stereocenters. The maximum absolute atomic E-state index is 12.8. The van der Waals surface area contributed by atoms with Crippen molar-refractivity contribution in [2.75, 3.05) is 20.2 Å². The van der Waals surface area contributed by atoms with Crippen molar-refractivity contribution in [1.82, 2.24) is 9.88 Å². The number of benzene rings is 2. The summed E-state index contributed by atoms with van der Waals surface area (Å²) in [5, 5.41) is 1.13. The fourth-order valence-electron chi connectivity index (χ4n) is 2.35. The van der Waals surface area contributed by atoms with Crippen LogP contribution in [0.1, 0.15) is 11.4 Å². The molecule has 0 aliphatic carbocycles. The van der Waals surface area contributed by atoms with Crippen LogP contribution in [0.5, 0.6) is 5.75 Å². The monoisotopic (exact) mass is 330 g/mol. The molecule has 3 nitrogen and oxygen atoms in total. The second kappa shape index (κ2) is 7.53. The predicted molar refractivity (Wildman–Crippen MR) is 92.5 cm³/mol.